The first-order chi connectivity index (χ1) is 13.5. The SMILES string of the molecule is CCOC(=O)N1CC=C2C(C#N)=C(N)C(C#N)(C#N)C(c3cccnc3)C2C1. The third-order valence-corrected chi connectivity index (χ3v) is 5.23. The van der Waals surface area contributed by atoms with Crippen LogP contribution in [0.4, 0.5) is 4.79 Å². The molecule has 1 aromatic heterocycles. The number of hydrogen-bond donors (Lipinski definition) is 1. The van der Waals surface area contributed by atoms with Gasteiger partial charge in [0, 0.05) is 37.3 Å². The van der Waals surface area contributed by atoms with Crippen LogP contribution in [0.1, 0.15) is 18.4 Å². The molecule has 1 amide bonds. The summed E-state index contributed by atoms with van der Waals surface area (Å²) < 4.78 is 5.09. The zero-order valence-electron chi connectivity index (χ0n) is 15.3. The van der Waals surface area contributed by atoms with Gasteiger partial charge in [-0.25, -0.2) is 4.79 Å². The van der Waals surface area contributed by atoms with Crippen LogP contribution < -0.4 is 5.73 Å². The Morgan fingerprint density at radius 3 is 2.75 bits per heavy atom. The Labute approximate surface area is 162 Å². The van der Waals surface area contributed by atoms with Crippen molar-refractivity contribution in [3.05, 3.63) is 53.0 Å². The average Bonchev–Trinajstić information content (AvgIpc) is 2.73. The minimum atomic E-state index is -1.74. The van der Waals surface area contributed by atoms with E-state index < -0.39 is 23.3 Å². The first kappa shape index (κ1) is 18.9. The summed E-state index contributed by atoms with van der Waals surface area (Å²) in [5.41, 5.74) is 5.85. The summed E-state index contributed by atoms with van der Waals surface area (Å²) in [5.74, 6) is -1.15. The quantitative estimate of drug-likeness (QED) is 0.834. The summed E-state index contributed by atoms with van der Waals surface area (Å²) in [5, 5.41) is 29.6. The van der Waals surface area contributed by atoms with Crippen LogP contribution in [-0.4, -0.2) is 35.7 Å². The lowest BCUT2D eigenvalue weighted by molar-refractivity contribution is 0.0999. The molecule has 1 aromatic rings. The molecule has 1 aliphatic heterocycles. The molecule has 0 radical (unpaired) electrons. The topological polar surface area (TPSA) is 140 Å². The predicted molar refractivity (Wildman–Crippen MR) is 97.6 cm³/mol. The Hall–Kier alpha value is -3.83. The van der Waals surface area contributed by atoms with Gasteiger partial charge in [0.1, 0.15) is 6.07 Å². The summed E-state index contributed by atoms with van der Waals surface area (Å²) in [4.78, 5) is 17.9. The van der Waals surface area contributed by atoms with Gasteiger partial charge < -0.3 is 15.4 Å². The summed E-state index contributed by atoms with van der Waals surface area (Å²) >= 11 is 0. The maximum absolute atomic E-state index is 12.3. The molecule has 0 fully saturated rings. The van der Waals surface area contributed by atoms with Crippen molar-refractivity contribution in [2.24, 2.45) is 17.1 Å². The minimum Gasteiger partial charge on any atom is -0.450 e. The number of nitrogens with two attached hydrogens (primary N) is 1. The third kappa shape index (κ3) is 2.74. The van der Waals surface area contributed by atoms with Gasteiger partial charge in [-0.1, -0.05) is 12.1 Å². The highest BCUT2D eigenvalue weighted by molar-refractivity contribution is 5.69. The number of aromatic nitrogens is 1. The van der Waals surface area contributed by atoms with Crippen LogP contribution in [0.3, 0.4) is 0 Å². The Morgan fingerprint density at radius 1 is 1.43 bits per heavy atom. The number of rotatable bonds is 2. The second-order valence-electron chi connectivity index (χ2n) is 6.57. The number of carbonyl (C=O) groups excluding carboxylic acids is 1. The summed E-state index contributed by atoms with van der Waals surface area (Å²) in [7, 11) is 0. The standard InChI is InChI=1S/C20H18N6O2/c1-2-28-19(27)26-7-5-14-15(8-21)18(24)20(11-22,12-23)17(16(14)10-26)13-4-3-6-25-9-13/h3-6,9,16-17H,2,7,10,24H2,1H3. The van der Waals surface area contributed by atoms with Gasteiger partial charge in [-0.05, 0) is 24.1 Å². The maximum atomic E-state index is 12.3. The van der Waals surface area contributed by atoms with E-state index >= 15 is 0 Å². The van der Waals surface area contributed by atoms with E-state index in [0.29, 0.717) is 11.1 Å². The maximum Gasteiger partial charge on any atom is 0.410 e. The van der Waals surface area contributed by atoms with E-state index in [1.165, 1.54) is 4.90 Å². The number of amides is 1. The Bertz CT molecular complexity index is 963. The summed E-state index contributed by atoms with van der Waals surface area (Å²) in [6.07, 6.45) is 4.44. The zero-order chi connectivity index (χ0) is 20.3. The van der Waals surface area contributed by atoms with E-state index in [-0.39, 0.29) is 31.0 Å². The molecule has 2 N–H and O–H groups in total. The fourth-order valence-corrected chi connectivity index (χ4v) is 3.98. The number of carbonyl (C=O) groups is 1. The zero-order valence-corrected chi connectivity index (χ0v) is 15.3. The molecule has 8 nitrogen and oxygen atoms in total. The number of nitrogens with zero attached hydrogens (tertiary/aromatic N) is 5. The lowest BCUT2D eigenvalue weighted by Crippen LogP contribution is -2.49. The molecule has 2 heterocycles. The van der Waals surface area contributed by atoms with E-state index in [1.807, 2.05) is 12.1 Å². The molecule has 2 unspecified atom stereocenters. The van der Waals surface area contributed by atoms with Gasteiger partial charge >= 0.3 is 6.09 Å². The van der Waals surface area contributed by atoms with Crippen molar-refractivity contribution in [2.45, 2.75) is 12.8 Å². The van der Waals surface area contributed by atoms with Crippen molar-refractivity contribution in [1.82, 2.24) is 9.88 Å². The number of allylic oxidation sites excluding steroid dienone is 2. The summed E-state index contributed by atoms with van der Waals surface area (Å²) in [6, 6.07) is 9.63. The molecule has 3 rings (SSSR count). The lowest BCUT2D eigenvalue weighted by Gasteiger charge is -2.45. The monoisotopic (exact) mass is 374 g/mol. The molecular weight excluding hydrogens is 356 g/mol. The molecule has 0 saturated carbocycles. The molecule has 140 valence electrons. The first-order valence-corrected chi connectivity index (χ1v) is 8.78. The second-order valence-corrected chi connectivity index (χ2v) is 6.57. The van der Waals surface area contributed by atoms with Gasteiger partial charge in [0.2, 0.25) is 0 Å². The fraction of sp³-hybridized carbons (Fsp3) is 0.350. The van der Waals surface area contributed by atoms with Crippen molar-refractivity contribution < 1.29 is 9.53 Å². The van der Waals surface area contributed by atoms with Crippen LogP contribution >= 0.6 is 0 Å². The number of fused-ring (bicyclic) bond motifs is 1. The highest BCUT2D eigenvalue weighted by Crippen LogP contribution is 2.53. The minimum absolute atomic E-state index is 0.0547. The number of hydrogen-bond acceptors (Lipinski definition) is 7. The Morgan fingerprint density at radius 2 is 2.18 bits per heavy atom. The van der Waals surface area contributed by atoms with Crippen molar-refractivity contribution in [3.8, 4) is 18.2 Å². The average molecular weight is 374 g/mol. The molecule has 0 bridgehead atoms. The second kappa shape index (κ2) is 7.42. The molecule has 28 heavy (non-hydrogen) atoms. The predicted octanol–water partition coefficient (Wildman–Crippen LogP) is 1.96. The van der Waals surface area contributed by atoms with Crippen LogP contribution in [0.2, 0.25) is 0 Å². The van der Waals surface area contributed by atoms with Gasteiger partial charge in [-0.2, -0.15) is 15.8 Å². The summed E-state index contributed by atoms with van der Waals surface area (Å²) in [6.45, 7) is 2.41. The number of pyridine rings is 1. The highest BCUT2D eigenvalue weighted by Gasteiger charge is 2.54. The van der Waals surface area contributed by atoms with Gasteiger partial charge in [0.05, 0.1) is 30.0 Å². The van der Waals surface area contributed by atoms with Crippen molar-refractivity contribution in [3.63, 3.8) is 0 Å². The smallest absolute Gasteiger partial charge is 0.410 e. The van der Waals surface area contributed by atoms with Crippen molar-refractivity contribution in [1.29, 1.82) is 15.8 Å². The van der Waals surface area contributed by atoms with Crippen LogP contribution in [-0.2, 0) is 4.74 Å². The molecule has 2 atom stereocenters. The van der Waals surface area contributed by atoms with E-state index in [1.54, 1.807) is 37.5 Å². The Balaban J connectivity index is 2.22. The first-order valence-electron chi connectivity index (χ1n) is 8.78. The van der Waals surface area contributed by atoms with E-state index in [9.17, 15) is 20.6 Å². The van der Waals surface area contributed by atoms with Crippen LogP contribution in [0, 0.1) is 45.3 Å². The van der Waals surface area contributed by atoms with E-state index in [0.717, 1.165) is 0 Å². The van der Waals surface area contributed by atoms with Crippen molar-refractivity contribution in [2.75, 3.05) is 19.7 Å². The fourth-order valence-electron chi connectivity index (χ4n) is 3.98. The van der Waals surface area contributed by atoms with Crippen LogP contribution in [0.15, 0.2) is 47.4 Å². The van der Waals surface area contributed by atoms with Crippen LogP contribution in [0.25, 0.3) is 0 Å². The van der Waals surface area contributed by atoms with Crippen LogP contribution in [0.5, 0.6) is 0 Å². The van der Waals surface area contributed by atoms with Crippen molar-refractivity contribution >= 4 is 6.09 Å². The lowest BCUT2D eigenvalue weighted by atomic mass is 9.58. The normalized spacial score (nSPS) is 22.8. The van der Waals surface area contributed by atoms with Gasteiger partial charge in [0.15, 0.2) is 5.41 Å². The number of nitriles is 3. The molecule has 8 heteroatoms. The highest BCUT2D eigenvalue weighted by atomic mass is 16.6. The van der Waals surface area contributed by atoms with E-state index in [2.05, 4.69) is 11.1 Å². The van der Waals surface area contributed by atoms with E-state index in [4.69, 9.17) is 10.5 Å². The Kier molecular flexibility index (Phi) is 5.02. The molecule has 2 aliphatic rings. The molecule has 0 saturated heterocycles. The molecular formula is C20H18N6O2. The molecule has 1 aliphatic carbocycles. The third-order valence-electron chi connectivity index (χ3n) is 5.23. The molecule has 0 aromatic carbocycles. The van der Waals surface area contributed by atoms with Gasteiger partial charge in [0.25, 0.3) is 0 Å². The number of ether oxygens (including phenoxy) is 1. The van der Waals surface area contributed by atoms with Gasteiger partial charge in [-0.15, -0.1) is 0 Å². The largest absolute Gasteiger partial charge is 0.450 e. The van der Waals surface area contributed by atoms with Gasteiger partial charge in [-0.3, -0.25) is 4.98 Å². The molecule has 0 spiro atoms.